The highest BCUT2D eigenvalue weighted by Gasteiger charge is 2.42. The Morgan fingerprint density at radius 1 is 1.29 bits per heavy atom. The largest absolute Gasteiger partial charge is 0.507 e. The minimum Gasteiger partial charge on any atom is -0.507 e. The Morgan fingerprint density at radius 2 is 1.95 bits per heavy atom. The van der Waals surface area contributed by atoms with Gasteiger partial charge in [-0.25, -0.2) is 0 Å². The number of rotatable bonds is 2. The van der Waals surface area contributed by atoms with Gasteiger partial charge in [-0.3, -0.25) is 9.59 Å². The van der Waals surface area contributed by atoms with Gasteiger partial charge >= 0.3 is 0 Å². The molecule has 0 aromatic heterocycles. The molecule has 0 spiro atoms. The number of phenolic OH excluding ortho intramolecular Hbond substituents is 1. The topological polar surface area (TPSA) is 69.6 Å². The third-order valence-electron chi connectivity index (χ3n) is 4.44. The molecule has 3 rings (SSSR count). The Labute approximate surface area is 123 Å². The fourth-order valence-corrected chi connectivity index (χ4v) is 3.37. The van der Waals surface area contributed by atoms with Crippen molar-refractivity contribution in [2.75, 3.05) is 6.54 Å². The predicted octanol–water partition coefficient (Wildman–Crippen LogP) is 1.04. The van der Waals surface area contributed by atoms with E-state index in [0.29, 0.717) is 13.0 Å². The van der Waals surface area contributed by atoms with Crippen molar-refractivity contribution < 1.29 is 14.7 Å². The molecule has 0 radical (unpaired) electrons. The predicted molar refractivity (Wildman–Crippen MR) is 78.0 cm³/mol. The monoisotopic (exact) mass is 288 g/mol. The number of hydrogen-bond acceptors (Lipinski definition) is 3. The molecule has 5 heteroatoms. The Balaban J connectivity index is 1.81. The van der Waals surface area contributed by atoms with Crippen molar-refractivity contribution in [1.82, 2.24) is 10.2 Å². The van der Waals surface area contributed by atoms with Gasteiger partial charge < -0.3 is 15.3 Å². The second-order valence-corrected chi connectivity index (χ2v) is 6.03. The lowest BCUT2D eigenvalue weighted by molar-refractivity contribution is -0.146. The third kappa shape index (κ3) is 2.37. The second kappa shape index (κ2) is 5.06. The number of aromatic hydroxyl groups is 1. The van der Waals surface area contributed by atoms with E-state index in [0.717, 1.165) is 29.5 Å². The summed E-state index contributed by atoms with van der Waals surface area (Å²) in [5, 5.41) is 12.7. The molecular weight excluding hydrogens is 268 g/mol. The zero-order valence-electron chi connectivity index (χ0n) is 12.3. The summed E-state index contributed by atoms with van der Waals surface area (Å²) in [4.78, 5) is 26.2. The normalized spacial score (nSPS) is 25.0. The lowest BCUT2D eigenvalue weighted by atomic mass is 9.97. The SMILES string of the molecule is Cc1cc(C[C@@H]2NC(=O)[C@@H]3CCCN3C2=O)cc(C)c1O. The van der Waals surface area contributed by atoms with Crippen molar-refractivity contribution in [3.05, 3.63) is 28.8 Å². The summed E-state index contributed by atoms with van der Waals surface area (Å²) in [5.74, 6) is 0.266. The van der Waals surface area contributed by atoms with E-state index in [4.69, 9.17) is 0 Å². The number of hydrogen-bond donors (Lipinski definition) is 2. The maximum atomic E-state index is 12.5. The Bertz CT molecular complexity index is 589. The first kappa shape index (κ1) is 13.9. The number of amides is 2. The number of nitrogens with one attached hydrogen (secondary N) is 1. The maximum Gasteiger partial charge on any atom is 0.246 e. The lowest BCUT2D eigenvalue weighted by Crippen LogP contribution is -2.61. The van der Waals surface area contributed by atoms with Gasteiger partial charge in [-0.2, -0.15) is 0 Å². The summed E-state index contributed by atoms with van der Waals surface area (Å²) in [6.07, 6.45) is 2.13. The van der Waals surface area contributed by atoms with Crippen LogP contribution in [0.3, 0.4) is 0 Å². The molecule has 21 heavy (non-hydrogen) atoms. The Kier molecular flexibility index (Phi) is 3.35. The molecule has 2 atom stereocenters. The smallest absolute Gasteiger partial charge is 0.246 e. The highest BCUT2D eigenvalue weighted by atomic mass is 16.3. The van der Waals surface area contributed by atoms with Crippen molar-refractivity contribution in [2.45, 2.75) is 45.2 Å². The molecule has 0 aliphatic carbocycles. The van der Waals surface area contributed by atoms with Crippen LogP contribution in [0.5, 0.6) is 5.75 Å². The molecule has 0 saturated carbocycles. The minimum absolute atomic E-state index is 0.0143. The number of nitrogens with zero attached hydrogens (tertiary/aromatic N) is 1. The van der Waals surface area contributed by atoms with Gasteiger partial charge in [0.05, 0.1) is 0 Å². The lowest BCUT2D eigenvalue weighted by Gasteiger charge is -2.34. The molecule has 2 heterocycles. The highest BCUT2D eigenvalue weighted by molar-refractivity contribution is 5.97. The standard InChI is InChI=1S/C16H20N2O3/c1-9-6-11(7-10(2)14(9)19)8-12-16(21)18-5-3-4-13(18)15(20)17-12/h6-7,12-13,19H,3-5,8H2,1-2H3,(H,17,20)/t12-,13-/m0/s1. The van der Waals surface area contributed by atoms with E-state index in [2.05, 4.69) is 5.32 Å². The van der Waals surface area contributed by atoms with Crippen molar-refractivity contribution >= 4 is 11.8 Å². The van der Waals surface area contributed by atoms with Gasteiger partial charge in [0.2, 0.25) is 11.8 Å². The highest BCUT2D eigenvalue weighted by Crippen LogP contribution is 2.26. The molecule has 2 N–H and O–H groups in total. The molecule has 1 aromatic carbocycles. The van der Waals surface area contributed by atoms with Crippen LogP contribution in [0.2, 0.25) is 0 Å². The number of carbonyl (C=O) groups excluding carboxylic acids is 2. The molecule has 2 aliphatic heterocycles. The number of benzene rings is 1. The molecule has 112 valence electrons. The van der Waals surface area contributed by atoms with Gasteiger partial charge in [0, 0.05) is 13.0 Å². The van der Waals surface area contributed by atoms with Crippen LogP contribution in [0.4, 0.5) is 0 Å². The van der Waals surface area contributed by atoms with E-state index in [1.807, 2.05) is 26.0 Å². The number of piperazine rings is 1. The molecule has 0 bridgehead atoms. The first-order chi connectivity index (χ1) is 9.97. The van der Waals surface area contributed by atoms with Crippen molar-refractivity contribution in [3.8, 4) is 5.75 Å². The average Bonchev–Trinajstić information content (AvgIpc) is 2.92. The van der Waals surface area contributed by atoms with Crippen LogP contribution in [0, 0.1) is 13.8 Å². The van der Waals surface area contributed by atoms with Gasteiger partial charge in [0.25, 0.3) is 0 Å². The first-order valence-electron chi connectivity index (χ1n) is 7.37. The van der Waals surface area contributed by atoms with Crippen LogP contribution in [0.25, 0.3) is 0 Å². The van der Waals surface area contributed by atoms with Crippen LogP contribution >= 0.6 is 0 Å². The quantitative estimate of drug-likeness (QED) is 0.854. The van der Waals surface area contributed by atoms with E-state index in [1.165, 1.54) is 0 Å². The van der Waals surface area contributed by atoms with Crippen molar-refractivity contribution in [1.29, 1.82) is 0 Å². The number of phenols is 1. The van der Waals surface area contributed by atoms with E-state index in [-0.39, 0.29) is 23.6 Å². The Morgan fingerprint density at radius 3 is 2.62 bits per heavy atom. The van der Waals surface area contributed by atoms with Crippen molar-refractivity contribution in [3.63, 3.8) is 0 Å². The summed E-state index contributed by atoms with van der Waals surface area (Å²) in [5.41, 5.74) is 2.54. The fraction of sp³-hybridized carbons (Fsp3) is 0.500. The van der Waals surface area contributed by atoms with E-state index < -0.39 is 6.04 Å². The number of aryl methyl sites for hydroxylation is 2. The molecular formula is C16H20N2O3. The van der Waals surface area contributed by atoms with Crippen molar-refractivity contribution in [2.24, 2.45) is 0 Å². The number of fused-ring (bicyclic) bond motifs is 1. The molecule has 2 amide bonds. The molecule has 5 nitrogen and oxygen atoms in total. The molecule has 0 unspecified atom stereocenters. The van der Waals surface area contributed by atoms with Crippen LogP contribution in [0.1, 0.15) is 29.5 Å². The summed E-state index contributed by atoms with van der Waals surface area (Å²) < 4.78 is 0. The molecule has 2 saturated heterocycles. The molecule has 1 aromatic rings. The molecule has 2 aliphatic rings. The van der Waals surface area contributed by atoms with Gasteiger partial charge in [-0.1, -0.05) is 12.1 Å². The number of carbonyl (C=O) groups is 2. The van der Waals surface area contributed by atoms with E-state index in [9.17, 15) is 14.7 Å². The zero-order chi connectivity index (χ0) is 15.1. The Hall–Kier alpha value is -2.04. The van der Waals surface area contributed by atoms with Gasteiger partial charge in [-0.05, 0) is 43.4 Å². The van der Waals surface area contributed by atoms with E-state index in [1.54, 1.807) is 4.90 Å². The fourth-order valence-electron chi connectivity index (χ4n) is 3.37. The molecule has 2 fully saturated rings. The summed E-state index contributed by atoms with van der Waals surface area (Å²) in [7, 11) is 0. The van der Waals surface area contributed by atoms with Crippen LogP contribution in [-0.2, 0) is 16.0 Å². The van der Waals surface area contributed by atoms with Crippen LogP contribution in [-0.4, -0.2) is 40.4 Å². The van der Waals surface area contributed by atoms with Gasteiger partial charge in [-0.15, -0.1) is 0 Å². The third-order valence-corrected chi connectivity index (χ3v) is 4.44. The first-order valence-corrected chi connectivity index (χ1v) is 7.37. The van der Waals surface area contributed by atoms with Crippen LogP contribution < -0.4 is 5.32 Å². The minimum atomic E-state index is -0.491. The maximum absolute atomic E-state index is 12.5. The van der Waals surface area contributed by atoms with Gasteiger partial charge in [0.15, 0.2) is 0 Å². The summed E-state index contributed by atoms with van der Waals surface area (Å²) in [6.45, 7) is 4.36. The summed E-state index contributed by atoms with van der Waals surface area (Å²) >= 11 is 0. The van der Waals surface area contributed by atoms with Gasteiger partial charge in [0.1, 0.15) is 17.8 Å². The summed E-state index contributed by atoms with van der Waals surface area (Å²) in [6, 6.07) is 2.99. The second-order valence-electron chi connectivity index (χ2n) is 6.03. The average molecular weight is 288 g/mol. The zero-order valence-corrected chi connectivity index (χ0v) is 12.3. The van der Waals surface area contributed by atoms with E-state index >= 15 is 0 Å². The van der Waals surface area contributed by atoms with Crippen LogP contribution in [0.15, 0.2) is 12.1 Å².